The average Bonchev–Trinajstić information content (AvgIpc) is 3.13. The van der Waals surface area contributed by atoms with E-state index in [4.69, 9.17) is 4.74 Å². The van der Waals surface area contributed by atoms with E-state index in [1.165, 1.54) is 11.1 Å². The third-order valence-corrected chi connectivity index (χ3v) is 4.40. The smallest absolute Gasteiger partial charge is 0.306 e. The van der Waals surface area contributed by atoms with Gasteiger partial charge >= 0.3 is 5.97 Å². The number of hydrogen-bond acceptors (Lipinski definition) is 4. The van der Waals surface area contributed by atoms with Crippen LogP contribution in [0.1, 0.15) is 40.7 Å². The molecule has 1 N–H and O–H groups in total. The van der Waals surface area contributed by atoms with E-state index in [2.05, 4.69) is 5.32 Å². The molecule has 5 nitrogen and oxygen atoms in total. The maximum Gasteiger partial charge on any atom is 0.306 e. The summed E-state index contributed by atoms with van der Waals surface area (Å²) in [6, 6.07) is 14.6. The Labute approximate surface area is 152 Å². The summed E-state index contributed by atoms with van der Waals surface area (Å²) < 4.78 is 4.95. The lowest BCUT2D eigenvalue weighted by atomic mass is 10.1. The lowest BCUT2D eigenvalue weighted by Gasteiger charge is -2.08. The van der Waals surface area contributed by atoms with Crippen molar-refractivity contribution in [3.63, 3.8) is 0 Å². The second kappa shape index (κ2) is 8.43. The zero-order valence-electron chi connectivity index (χ0n) is 14.5. The quantitative estimate of drug-likeness (QED) is 0.613. The first-order valence-corrected chi connectivity index (χ1v) is 8.77. The van der Waals surface area contributed by atoms with E-state index >= 15 is 0 Å². The topological polar surface area (TPSA) is 72.5 Å². The summed E-state index contributed by atoms with van der Waals surface area (Å²) >= 11 is 0. The molecule has 0 unspecified atom stereocenters. The standard InChI is InChI=1S/C21H21NO4/c23-19(16-5-2-1-3-6-16)11-12-21(25)26-14-20(24)22-18-10-9-15-7-4-8-17(15)13-18/h1-3,5-6,9-10,13H,4,7-8,11-12,14H2,(H,22,24). The summed E-state index contributed by atoms with van der Waals surface area (Å²) in [5, 5.41) is 2.73. The Hall–Kier alpha value is -2.95. The van der Waals surface area contributed by atoms with Crippen LogP contribution in [0.3, 0.4) is 0 Å². The van der Waals surface area contributed by atoms with Crippen molar-refractivity contribution in [3.05, 3.63) is 65.2 Å². The molecule has 2 aromatic carbocycles. The molecule has 0 radical (unpaired) electrons. The zero-order chi connectivity index (χ0) is 18.4. The fourth-order valence-corrected chi connectivity index (χ4v) is 3.05. The number of carbonyl (C=O) groups excluding carboxylic acids is 3. The van der Waals surface area contributed by atoms with E-state index in [0.717, 1.165) is 19.3 Å². The SMILES string of the molecule is O=C(COC(=O)CCC(=O)c1ccccc1)Nc1ccc2c(c1)CCC2. The minimum atomic E-state index is -0.557. The second-order valence-electron chi connectivity index (χ2n) is 6.34. The Morgan fingerprint density at radius 2 is 1.69 bits per heavy atom. The first-order valence-electron chi connectivity index (χ1n) is 8.77. The van der Waals surface area contributed by atoms with Crippen LogP contribution in [0.25, 0.3) is 0 Å². The number of anilines is 1. The first-order chi connectivity index (χ1) is 12.6. The van der Waals surface area contributed by atoms with E-state index < -0.39 is 5.97 Å². The highest BCUT2D eigenvalue weighted by atomic mass is 16.5. The van der Waals surface area contributed by atoms with E-state index in [-0.39, 0.29) is 31.1 Å². The van der Waals surface area contributed by atoms with Crippen LogP contribution in [0.5, 0.6) is 0 Å². The van der Waals surface area contributed by atoms with Gasteiger partial charge in [-0.05, 0) is 42.5 Å². The van der Waals surface area contributed by atoms with E-state index in [0.29, 0.717) is 11.3 Å². The van der Waals surface area contributed by atoms with Crippen molar-refractivity contribution in [1.29, 1.82) is 0 Å². The molecule has 0 heterocycles. The number of ether oxygens (including phenoxy) is 1. The number of nitrogens with one attached hydrogen (secondary N) is 1. The Bertz CT molecular complexity index is 814. The van der Waals surface area contributed by atoms with Crippen molar-refractivity contribution in [2.75, 3.05) is 11.9 Å². The maximum absolute atomic E-state index is 11.9. The summed E-state index contributed by atoms with van der Waals surface area (Å²) in [6.45, 7) is -0.352. The van der Waals surface area contributed by atoms with Crippen LogP contribution in [0, 0.1) is 0 Å². The second-order valence-corrected chi connectivity index (χ2v) is 6.34. The van der Waals surface area contributed by atoms with Gasteiger partial charge in [0.2, 0.25) is 0 Å². The number of esters is 1. The number of aryl methyl sites for hydroxylation is 2. The number of hydrogen-bond donors (Lipinski definition) is 1. The number of benzene rings is 2. The molecule has 5 heteroatoms. The third-order valence-electron chi connectivity index (χ3n) is 4.40. The monoisotopic (exact) mass is 351 g/mol. The van der Waals surface area contributed by atoms with Crippen molar-refractivity contribution < 1.29 is 19.1 Å². The normalized spacial score (nSPS) is 12.3. The van der Waals surface area contributed by atoms with E-state index in [9.17, 15) is 14.4 Å². The molecule has 0 fully saturated rings. The molecule has 0 saturated heterocycles. The van der Waals surface area contributed by atoms with E-state index in [1.807, 2.05) is 24.3 Å². The Balaban J connectivity index is 1.40. The van der Waals surface area contributed by atoms with Gasteiger partial charge in [-0.1, -0.05) is 36.4 Å². The molecule has 26 heavy (non-hydrogen) atoms. The number of amides is 1. The molecule has 3 rings (SSSR count). The Morgan fingerprint density at radius 1 is 0.923 bits per heavy atom. The number of fused-ring (bicyclic) bond motifs is 1. The van der Waals surface area contributed by atoms with E-state index in [1.54, 1.807) is 24.3 Å². The summed E-state index contributed by atoms with van der Waals surface area (Å²) in [5.41, 5.74) is 3.87. The minimum absolute atomic E-state index is 0.0418. The van der Waals surface area contributed by atoms with Gasteiger partial charge in [-0.3, -0.25) is 14.4 Å². The molecule has 0 atom stereocenters. The molecule has 2 aromatic rings. The van der Waals surface area contributed by atoms with Crippen molar-refractivity contribution in [2.24, 2.45) is 0 Å². The van der Waals surface area contributed by atoms with Crippen LogP contribution < -0.4 is 5.32 Å². The van der Waals surface area contributed by atoms with Crippen LogP contribution in [0.2, 0.25) is 0 Å². The number of rotatable bonds is 7. The van der Waals surface area contributed by atoms with Gasteiger partial charge in [0, 0.05) is 17.7 Å². The van der Waals surface area contributed by atoms with Crippen molar-refractivity contribution in [2.45, 2.75) is 32.1 Å². The highest BCUT2D eigenvalue weighted by molar-refractivity contribution is 5.98. The highest BCUT2D eigenvalue weighted by Crippen LogP contribution is 2.24. The van der Waals surface area contributed by atoms with Gasteiger partial charge in [-0.25, -0.2) is 0 Å². The van der Waals surface area contributed by atoms with Gasteiger partial charge in [0.25, 0.3) is 5.91 Å². The van der Waals surface area contributed by atoms with Crippen molar-refractivity contribution >= 4 is 23.3 Å². The van der Waals surface area contributed by atoms with Gasteiger partial charge in [0.15, 0.2) is 12.4 Å². The summed E-state index contributed by atoms with van der Waals surface area (Å²) in [5.74, 6) is -1.06. The largest absolute Gasteiger partial charge is 0.456 e. The molecule has 0 bridgehead atoms. The molecular formula is C21H21NO4. The molecule has 1 aliphatic rings. The number of carbonyl (C=O) groups is 3. The minimum Gasteiger partial charge on any atom is -0.456 e. The van der Waals surface area contributed by atoms with Crippen LogP contribution >= 0.6 is 0 Å². The van der Waals surface area contributed by atoms with Crippen molar-refractivity contribution in [1.82, 2.24) is 0 Å². The molecule has 1 aliphatic carbocycles. The lowest BCUT2D eigenvalue weighted by molar-refractivity contribution is -0.147. The summed E-state index contributed by atoms with van der Waals surface area (Å²) in [4.78, 5) is 35.6. The van der Waals surface area contributed by atoms with Crippen LogP contribution in [0.4, 0.5) is 5.69 Å². The lowest BCUT2D eigenvalue weighted by Crippen LogP contribution is -2.21. The number of ketones is 1. The molecule has 0 aliphatic heterocycles. The molecule has 134 valence electrons. The Kier molecular flexibility index (Phi) is 5.79. The molecule has 0 spiro atoms. The van der Waals surface area contributed by atoms with Gasteiger partial charge in [0.1, 0.15) is 0 Å². The summed E-state index contributed by atoms with van der Waals surface area (Å²) in [7, 11) is 0. The van der Waals surface area contributed by atoms with Crippen LogP contribution in [-0.4, -0.2) is 24.3 Å². The number of Topliss-reactive ketones (excluding diaryl/α,β-unsaturated/α-hetero) is 1. The van der Waals surface area contributed by atoms with Gasteiger partial charge in [-0.2, -0.15) is 0 Å². The predicted octanol–water partition coefficient (Wildman–Crippen LogP) is 3.32. The third kappa shape index (κ3) is 4.79. The molecule has 0 saturated carbocycles. The van der Waals surface area contributed by atoms with Gasteiger partial charge < -0.3 is 10.1 Å². The van der Waals surface area contributed by atoms with Crippen LogP contribution in [-0.2, 0) is 27.2 Å². The zero-order valence-corrected chi connectivity index (χ0v) is 14.5. The van der Waals surface area contributed by atoms with Crippen molar-refractivity contribution in [3.8, 4) is 0 Å². The molecule has 0 aromatic heterocycles. The molecule has 1 amide bonds. The van der Waals surface area contributed by atoms with Gasteiger partial charge in [-0.15, -0.1) is 0 Å². The fourth-order valence-electron chi connectivity index (χ4n) is 3.05. The highest BCUT2D eigenvalue weighted by Gasteiger charge is 2.14. The maximum atomic E-state index is 11.9. The average molecular weight is 351 g/mol. The summed E-state index contributed by atoms with van der Waals surface area (Å²) in [6.07, 6.45) is 3.29. The fraction of sp³-hybridized carbons (Fsp3) is 0.286. The molecular weight excluding hydrogens is 330 g/mol. The predicted molar refractivity (Wildman–Crippen MR) is 98.1 cm³/mol. The first kappa shape index (κ1) is 17.9. The van der Waals surface area contributed by atoms with Crippen LogP contribution in [0.15, 0.2) is 48.5 Å². The Morgan fingerprint density at radius 3 is 2.50 bits per heavy atom. The van der Waals surface area contributed by atoms with Gasteiger partial charge in [0.05, 0.1) is 6.42 Å².